The highest BCUT2D eigenvalue weighted by Gasteiger charge is 2.29. The molecule has 0 saturated heterocycles. The summed E-state index contributed by atoms with van der Waals surface area (Å²) in [5.41, 5.74) is 5.92. The van der Waals surface area contributed by atoms with E-state index in [0.29, 0.717) is 5.69 Å². The lowest BCUT2D eigenvalue weighted by atomic mass is 10.1. The van der Waals surface area contributed by atoms with Crippen molar-refractivity contribution in [2.45, 2.75) is 44.4 Å². The second-order valence-electron chi connectivity index (χ2n) is 5.94. The van der Waals surface area contributed by atoms with Crippen molar-refractivity contribution >= 4 is 23.7 Å². The molecule has 3 amide bonds. The fourth-order valence-corrected chi connectivity index (χ4v) is 1.97. The number of H-pyrrole nitrogens is 1. The Morgan fingerprint density at radius 3 is 2.19 bits per heavy atom. The van der Waals surface area contributed by atoms with Gasteiger partial charge in [0.25, 0.3) is 0 Å². The summed E-state index contributed by atoms with van der Waals surface area (Å²) in [6.45, 7) is 1.96. The van der Waals surface area contributed by atoms with Crippen molar-refractivity contribution in [2.24, 2.45) is 5.73 Å². The van der Waals surface area contributed by atoms with Crippen molar-refractivity contribution in [1.29, 1.82) is 0 Å². The minimum Gasteiger partial charge on any atom is -0.480 e. The van der Waals surface area contributed by atoms with Crippen molar-refractivity contribution in [1.82, 2.24) is 25.9 Å². The third-order valence-corrected chi connectivity index (χ3v) is 3.57. The van der Waals surface area contributed by atoms with Crippen LogP contribution in [0, 0.1) is 0 Å². The average molecular weight is 384 g/mol. The van der Waals surface area contributed by atoms with Crippen LogP contribution in [0.25, 0.3) is 0 Å². The van der Waals surface area contributed by atoms with E-state index in [1.807, 2.05) is 0 Å². The SMILES string of the molecule is CC(N)C(=O)NC(CO)C(=O)NC(Cc1cnc[nH]1)C(=O)NC(C)C(=O)O. The summed E-state index contributed by atoms with van der Waals surface area (Å²) in [6, 6.07) is -4.56. The predicted molar refractivity (Wildman–Crippen MR) is 92.1 cm³/mol. The van der Waals surface area contributed by atoms with E-state index in [1.165, 1.54) is 26.4 Å². The number of carboxylic acids is 1. The molecule has 0 saturated carbocycles. The molecule has 1 aromatic rings. The molecule has 12 nitrogen and oxygen atoms in total. The van der Waals surface area contributed by atoms with E-state index in [1.54, 1.807) is 0 Å². The first-order valence-corrected chi connectivity index (χ1v) is 8.13. The highest BCUT2D eigenvalue weighted by atomic mass is 16.4. The Bertz CT molecular complexity index is 662. The molecule has 1 rings (SSSR count). The lowest BCUT2D eigenvalue weighted by Crippen LogP contribution is -2.58. The number of aromatic nitrogens is 2. The first-order valence-electron chi connectivity index (χ1n) is 8.13. The number of rotatable bonds is 10. The number of nitrogens with zero attached hydrogens (tertiary/aromatic N) is 1. The molecule has 4 unspecified atom stereocenters. The van der Waals surface area contributed by atoms with Crippen LogP contribution in [0.15, 0.2) is 12.5 Å². The van der Waals surface area contributed by atoms with E-state index in [0.717, 1.165) is 0 Å². The van der Waals surface area contributed by atoms with E-state index >= 15 is 0 Å². The topological polar surface area (TPSA) is 200 Å². The molecule has 27 heavy (non-hydrogen) atoms. The second-order valence-corrected chi connectivity index (χ2v) is 5.94. The van der Waals surface area contributed by atoms with Crippen molar-refractivity contribution in [3.8, 4) is 0 Å². The summed E-state index contributed by atoms with van der Waals surface area (Å²) in [5.74, 6) is -3.47. The molecular weight excluding hydrogens is 360 g/mol. The van der Waals surface area contributed by atoms with Gasteiger partial charge in [0.15, 0.2) is 0 Å². The Morgan fingerprint density at radius 1 is 1.11 bits per heavy atom. The Labute approximate surface area is 154 Å². The fourth-order valence-electron chi connectivity index (χ4n) is 1.97. The number of amides is 3. The standard InChI is InChI=1S/C15H24N6O6/c1-7(16)12(23)21-11(5-22)14(25)20-10(3-9-4-17-6-18-9)13(24)19-8(2)15(26)27/h4,6-8,10-11,22H,3,5,16H2,1-2H3,(H,17,18)(H,19,24)(H,20,25)(H,21,23)(H,26,27). The summed E-state index contributed by atoms with van der Waals surface area (Å²) in [6.07, 6.45) is 2.81. The van der Waals surface area contributed by atoms with Gasteiger partial charge in [-0.05, 0) is 13.8 Å². The molecule has 0 aliphatic heterocycles. The Hall–Kier alpha value is -2.99. The predicted octanol–water partition coefficient (Wildman–Crippen LogP) is -3.15. The fraction of sp³-hybridized carbons (Fsp3) is 0.533. The molecule has 4 atom stereocenters. The molecule has 0 fully saturated rings. The van der Waals surface area contributed by atoms with Crippen molar-refractivity contribution in [3.05, 3.63) is 18.2 Å². The molecule has 0 spiro atoms. The second kappa shape index (κ2) is 10.2. The lowest BCUT2D eigenvalue weighted by molar-refractivity contribution is -0.141. The Morgan fingerprint density at radius 2 is 1.70 bits per heavy atom. The van der Waals surface area contributed by atoms with E-state index in [4.69, 9.17) is 10.8 Å². The van der Waals surface area contributed by atoms with Gasteiger partial charge >= 0.3 is 5.97 Å². The van der Waals surface area contributed by atoms with E-state index in [2.05, 4.69) is 25.9 Å². The van der Waals surface area contributed by atoms with Crippen LogP contribution in [0.5, 0.6) is 0 Å². The molecule has 0 radical (unpaired) electrons. The van der Waals surface area contributed by atoms with Crippen molar-refractivity contribution < 1.29 is 29.4 Å². The van der Waals surface area contributed by atoms with Gasteiger partial charge in [-0.15, -0.1) is 0 Å². The highest BCUT2D eigenvalue weighted by Crippen LogP contribution is 2.01. The van der Waals surface area contributed by atoms with Gasteiger partial charge < -0.3 is 36.9 Å². The number of carbonyl (C=O) groups is 4. The molecule has 8 N–H and O–H groups in total. The first-order chi connectivity index (χ1) is 12.6. The van der Waals surface area contributed by atoms with Gasteiger partial charge in [0.05, 0.1) is 19.0 Å². The zero-order valence-corrected chi connectivity index (χ0v) is 14.9. The van der Waals surface area contributed by atoms with E-state index in [9.17, 15) is 24.3 Å². The lowest BCUT2D eigenvalue weighted by Gasteiger charge is -2.23. The van der Waals surface area contributed by atoms with Gasteiger partial charge in [0, 0.05) is 18.3 Å². The molecule has 0 aliphatic carbocycles. The number of nitrogens with two attached hydrogens (primary N) is 1. The summed E-state index contributed by atoms with van der Waals surface area (Å²) in [7, 11) is 0. The van der Waals surface area contributed by atoms with Gasteiger partial charge in [-0.2, -0.15) is 0 Å². The maximum Gasteiger partial charge on any atom is 0.325 e. The third kappa shape index (κ3) is 7.03. The molecule has 150 valence electrons. The van der Waals surface area contributed by atoms with Crippen LogP contribution >= 0.6 is 0 Å². The molecule has 0 aliphatic rings. The third-order valence-electron chi connectivity index (χ3n) is 3.57. The van der Waals surface area contributed by atoms with Crippen molar-refractivity contribution in [2.75, 3.05) is 6.61 Å². The molecule has 0 aromatic carbocycles. The van der Waals surface area contributed by atoms with Crippen molar-refractivity contribution in [3.63, 3.8) is 0 Å². The monoisotopic (exact) mass is 384 g/mol. The normalized spacial score (nSPS) is 15.1. The van der Waals surface area contributed by atoms with Gasteiger partial charge in [0.2, 0.25) is 17.7 Å². The van der Waals surface area contributed by atoms with Gasteiger partial charge in [-0.3, -0.25) is 19.2 Å². The zero-order valence-electron chi connectivity index (χ0n) is 14.9. The van der Waals surface area contributed by atoms with Crippen LogP contribution in [0.1, 0.15) is 19.5 Å². The zero-order chi connectivity index (χ0) is 20.6. The first kappa shape index (κ1) is 22.1. The minimum atomic E-state index is -1.32. The number of hydrogen-bond donors (Lipinski definition) is 7. The minimum absolute atomic E-state index is 0.0106. The number of aromatic amines is 1. The van der Waals surface area contributed by atoms with Crippen LogP contribution in [0.4, 0.5) is 0 Å². The van der Waals surface area contributed by atoms with Gasteiger partial charge in [-0.1, -0.05) is 0 Å². The average Bonchev–Trinajstić information content (AvgIpc) is 3.11. The number of carboxylic acid groups (broad SMARTS) is 1. The Balaban J connectivity index is 2.87. The largest absolute Gasteiger partial charge is 0.480 e. The number of carbonyl (C=O) groups excluding carboxylic acids is 3. The molecule has 1 aromatic heterocycles. The van der Waals surface area contributed by atoms with Gasteiger partial charge in [0.1, 0.15) is 18.1 Å². The summed E-state index contributed by atoms with van der Waals surface area (Å²) < 4.78 is 0. The highest BCUT2D eigenvalue weighted by molar-refractivity contribution is 5.94. The quantitative estimate of drug-likeness (QED) is 0.219. The van der Waals surface area contributed by atoms with Crippen LogP contribution in [0.3, 0.4) is 0 Å². The smallest absolute Gasteiger partial charge is 0.325 e. The maximum absolute atomic E-state index is 12.4. The maximum atomic E-state index is 12.4. The number of aliphatic carboxylic acids is 1. The van der Waals surface area contributed by atoms with E-state index in [-0.39, 0.29) is 6.42 Å². The summed E-state index contributed by atoms with van der Waals surface area (Å²) in [5, 5.41) is 25.2. The molecule has 12 heteroatoms. The Kier molecular flexibility index (Phi) is 8.35. The summed E-state index contributed by atoms with van der Waals surface area (Å²) >= 11 is 0. The van der Waals surface area contributed by atoms with Crippen LogP contribution < -0.4 is 21.7 Å². The van der Waals surface area contributed by atoms with E-state index < -0.39 is 54.5 Å². The molecule has 1 heterocycles. The number of aliphatic hydroxyl groups is 1. The summed E-state index contributed by atoms with van der Waals surface area (Å²) in [4.78, 5) is 53.8. The van der Waals surface area contributed by atoms with Crippen LogP contribution in [-0.2, 0) is 25.6 Å². The van der Waals surface area contributed by atoms with Gasteiger partial charge in [-0.25, -0.2) is 4.98 Å². The number of aliphatic hydroxyl groups excluding tert-OH is 1. The van der Waals surface area contributed by atoms with Crippen LogP contribution in [0.2, 0.25) is 0 Å². The number of nitrogens with one attached hydrogen (secondary N) is 4. The number of imidazole rings is 1. The molecular formula is C15H24N6O6. The van der Waals surface area contributed by atoms with Crippen LogP contribution in [-0.4, -0.2) is 74.6 Å². The molecule has 0 bridgehead atoms. The number of hydrogen-bond acceptors (Lipinski definition) is 7.